The standard InChI is InChI=1S/C26H20N4O2/c27-24-25(30-20-11-14-22(15-12-20)31-21-8-2-1-3-9-21)28-17-29-26(24)32-23-13-10-18-6-4-5-7-19(18)16-23/h1-17H,27H2,(H,28,29,30). The minimum Gasteiger partial charge on any atom is -0.457 e. The molecule has 0 aliphatic carbocycles. The minimum atomic E-state index is 0.293. The van der Waals surface area contributed by atoms with Gasteiger partial charge in [-0.3, -0.25) is 0 Å². The minimum absolute atomic E-state index is 0.293. The highest BCUT2D eigenvalue weighted by molar-refractivity contribution is 5.84. The van der Waals surface area contributed by atoms with Crippen molar-refractivity contribution in [3.63, 3.8) is 0 Å². The van der Waals surface area contributed by atoms with Gasteiger partial charge in [-0.2, -0.15) is 4.98 Å². The van der Waals surface area contributed by atoms with Crippen LogP contribution in [0.4, 0.5) is 17.2 Å². The van der Waals surface area contributed by atoms with E-state index in [1.807, 2.05) is 91.0 Å². The van der Waals surface area contributed by atoms with Crippen molar-refractivity contribution in [2.45, 2.75) is 0 Å². The Morgan fingerprint density at radius 1 is 0.625 bits per heavy atom. The van der Waals surface area contributed by atoms with Crippen molar-refractivity contribution >= 4 is 28.0 Å². The average molecular weight is 420 g/mol. The quantitative estimate of drug-likeness (QED) is 0.324. The second-order valence-electron chi connectivity index (χ2n) is 7.12. The summed E-state index contributed by atoms with van der Waals surface area (Å²) in [6.07, 6.45) is 1.42. The Hall–Kier alpha value is -4.58. The van der Waals surface area contributed by atoms with E-state index in [1.54, 1.807) is 0 Å². The monoisotopic (exact) mass is 420 g/mol. The van der Waals surface area contributed by atoms with E-state index >= 15 is 0 Å². The van der Waals surface area contributed by atoms with Gasteiger partial charge in [-0.25, -0.2) is 4.98 Å². The van der Waals surface area contributed by atoms with Crippen molar-refractivity contribution in [3.05, 3.63) is 103 Å². The number of anilines is 3. The lowest BCUT2D eigenvalue weighted by Gasteiger charge is -2.12. The molecule has 0 unspecified atom stereocenters. The summed E-state index contributed by atoms with van der Waals surface area (Å²) in [6, 6.07) is 31.1. The smallest absolute Gasteiger partial charge is 0.248 e. The molecule has 156 valence electrons. The Morgan fingerprint density at radius 3 is 2.12 bits per heavy atom. The zero-order valence-corrected chi connectivity index (χ0v) is 17.1. The van der Waals surface area contributed by atoms with Gasteiger partial charge in [0, 0.05) is 5.69 Å². The van der Waals surface area contributed by atoms with Crippen LogP contribution in [0.3, 0.4) is 0 Å². The largest absolute Gasteiger partial charge is 0.457 e. The lowest BCUT2D eigenvalue weighted by atomic mass is 10.1. The first-order valence-corrected chi connectivity index (χ1v) is 10.1. The van der Waals surface area contributed by atoms with Gasteiger partial charge in [-0.05, 0) is 59.3 Å². The summed E-state index contributed by atoms with van der Waals surface area (Å²) in [7, 11) is 0. The molecular formula is C26H20N4O2. The van der Waals surface area contributed by atoms with Crippen LogP contribution in [0.15, 0.2) is 103 Å². The van der Waals surface area contributed by atoms with Crippen LogP contribution in [0.2, 0.25) is 0 Å². The van der Waals surface area contributed by atoms with Gasteiger partial charge in [0.05, 0.1) is 0 Å². The molecule has 32 heavy (non-hydrogen) atoms. The van der Waals surface area contributed by atoms with E-state index in [-0.39, 0.29) is 0 Å². The molecule has 4 aromatic carbocycles. The summed E-state index contributed by atoms with van der Waals surface area (Å²) in [6.45, 7) is 0. The van der Waals surface area contributed by atoms with Gasteiger partial charge in [0.2, 0.25) is 5.88 Å². The van der Waals surface area contributed by atoms with Gasteiger partial charge in [0.15, 0.2) is 5.82 Å². The summed E-state index contributed by atoms with van der Waals surface area (Å²) in [4.78, 5) is 8.46. The molecule has 0 aliphatic heterocycles. The zero-order valence-electron chi connectivity index (χ0n) is 17.1. The second-order valence-corrected chi connectivity index (χ2v) is 7.12. The number of fused-ring (bicyclic) bond motifs is 1. The number of hydrogen-bond acceptors (Lipinski definition) is 6. The Balaban J connectivity index is 1.32. The number of hydrogen-bond donors (Lipinski definition) is 2. The molecule has 1 heterocycles. The fraction of sp³-hybridized carbons (Fsp3) is 0. The van der Waals surface area contributed by atoms with Crippen LogP contribution in [0.1, 0.15) is 0 Å². The number of nitrogens with one attached hydrogen (secondary N) is 1. The summed E-state index contributed by atoms with van der Waals surface area (Å²) < 4.78 is 11.8. The molecule has 5 aromatic rings. The lowest BCUT2D eigenvalue weighted by Crippen LogP contribution is -2.03. The predicted octanol–water partition coefficient (Wildman–Crippen LogP) is 6.54. The number of nitrogens with two attached hydrogens (primary N) is 1. The van der Waals surface area contributed by atoms with E-state index in [2.05, 4.69) is 21.4 Å². The molecule has 1 aromatic heterocycles. The number of nitrogens with zero attached hydrogens (tertiary/aromatic N) is 2. The van der Waals surface area contributed by atoms with Crippen molar-refractivity contribution in [1.29, 1.82) is 0 Å². The number of para-hydroxylation sites is 1. The molecule has 0 amide bonds. The van der Waals surface area contributed by atoms with Gasteiger partial charge in [-0.15, -0.1) is 0 Å². The Labute approximate surface area is 185 Å². The van der Waals surface area contributed by atoms with Crippen LogP contribution in [0, 0.1) is 0 Å². The Morgan fingerprint density at radius 2 is 1.31 bits per heavy atom. The SMILES string of the molecule is Nc1c(Nc2ccc(Oc3ccccc3)cc2)ncnc1Oc1ccc2ccccc2c1. The topological polar surface area (TPSA) is 82.3 Å². The molecule has 6 heteroatoms. The molecule has 0 fully saturated rings. The maximum absolute atomic E-state index is 6.29. The summed E-state index contributed by atoms with van der Waals surface area (Å²) in [5.41, 5.74) is 7.42. The Bertz CT molecular complexity index is 1360. The fourth-order valence-corrected chi connectivity index (χ4v) is 3.27. The maximum atomic E-state index is 6.29. The van der Waals surface area contributed by atoms with Gasteiger partial charge in [0.25, 0.3) is 0 Å². The number of benzene rings is 4. The molecule has 5 rings (SSSR count). The highest BCUT2D eigenvalue weighted by Gasteiger charge is 2.11. The van der Waals surface area contributed by atoms with Crippen LogP contribution in [-0.2, 0) is 0 Å². The van der Waals surface area contributed by atoms with E-state index in [9.17, 15) is 0 Å². The van der Waals surface area contributed by atoms with Crippen molar-refractivity contribution in [3.8, 4) is 23.1 Å². The third kappa shape index (κ3) is 4.29. The highest BCUT2D eigenvalue weighted by atomic mass is 16.5. The third-order valence-corrected chi connectivity index (χ3v) is 4.88. The highest BCUT2D eigenvalue weighted by Crippen LogP contribution is 2.32. The molecule has 0 bridgehead atoms. The summed E-state index contributed by atoms with van der Waals surface area (Å²) in [5, 5.41) is 5.42. The van der Waals surface area contributed by atoms with Crippen molar-refractivity contribution in [1.82, 2.24) is 9.97 Å². The average Bonchev–Trinajstić information content (AvgIpc) is 2.83. The molecular weight excluding hydrogens is 400 g/mol. The van der Waals surface area contributed by atoms with E-state index in [4.69, 9.17) is 15.2 Å². The molecule has 0 saturated heterocycles. The number of aromatic nitrogens is 2. The molecule has 6 nitrogen and oxygen atoms in total. The second kappa shape index (κ2) is 8.65. The van der Waals surface area contributed by atoms with Crippen molar-refractivity contribution in [2.75, 3.05) is 11.1 Å². The van der Waals surface area contributed by atoms with E-state index in [0.717, 1.165) is 28.0 Å². The number of nitrogen functional groups attached to an aromatic ring is 1. The number of ether oxygens (including phenoxy) is 2. The molecule has 0 atom stereocenters. The van der Waals surface area contributed by atoms with Gasteiger partial charge >= 0.3 is 0 Å². The lowest BCUT2D eigenvalue weighted by molar-refractivity contribution is 0.465. The predicted molar refractivity (Wildman–Crippen MR) is 127 cm³/mol. The first-order valence-electron chi connectivity index (χ1n) is 10.1. The molecule has 0 spiro atoms. The molecule has 3 N–H and O–H groups in total. The van der Waals surface area contributed by atoms with E-state index in [1.165, 1.54) is 6.33 Å². The maximum Gasteiger partial charge on any atom is 0.248 e. The zero-order chi connectivity index (χ0) is 21.8. The summed E-state index contributed by atoms with van der Waals surface area (Å²) in [5.74, 6) is 2.93. The first kappa shape index (κ1) is 19.4. The van der Waals surface area contributed by atoms with Crippen LogP contribution in [0.25, 0.3) is 10.8 Å². The van der Waals surface area contributed by atoms with Gasteiger partial charge in [-0.1, -0.05) is 48.5 Å². The van der Waals surface area contributed by atoms with Gasteiger partial charge < -0.3 is 20.5 Å². The normalized spacial score (nSPS) is 10.6. The van der Waals surface area contributed by atoms with E-state index in [0.29, 0.717) is 23.1 Å². The first-order chi connectivity index (χ1) is 15.7. The third-order valence-electron chi connectivity index (χ3n) is 4.88. The molecule has 0 saturated carbocycles. The molecule has 0 radical (unpaired) electrons. The van der Waals surface area contributed by atoms with Crippen LogP contribution in [0.5, 0.6) is 23.1 Å². The fourth-order valence-electron chi connectivity index (χ4n) is 3.27. The van der Waals surface area contributed by atoms with Crippen molar-refractivity contribution < 1.29 is 9.47 Å². The Kier molecular flexibility index (Phi) is 5.24. The van der Waals surface area contributed by atoms with Crippen LogP contribution in [-0.4, -0.2) is 9.97 Å². The van der Waals surface area contributed by atoms with Crippen LogP contribution >= 0.6 is 0 Å². The van der Waals surface area contributed by atoms with Crippen molar-refractivity contribution in [2.24, 2.45) is 0 Å². The van der Waals surface area contributed by atoms with Crippen LogP contribution < -0.4 is 20.5 Å². The van der Waals surface area contributed by atoms with E-state index < -0.39 is 0 Å². The number of rotatable bonds is 6. The van der Waals surface area contributed by atoms with Gasteiger partial charge in [0.1, 0.15) is 29.3 Å². The summed E-state index contributed by atoms with van der Waals surface area (Å²) >= 11 is 0. The molecule has 0 aliphatic rings.